The summed E-state index contributed by atoms with van der Waals surface area (Å²) in [6.07, 6.45) is 3.95. The first-order valence-electron chi connectivity index (χ1n) is 9.89. The van der Waals surface area contributed by atoms with Gasteiger partial charge < -0.3 is 14.8 Å². The molecule has 2 atom stereocenters. The topological polar surface area (TPSA) is 110 Å². The summed E-state index contributed by atoms with van der Waals surface area (Å²) < 4.78 is 10.7. The monoisotopic (exact) mass is 417 g/mol. The molecule has 3 N–H and O–H groups in total. The number of hydrogen-bond donors (Lipinski definition) is 3. The zero-order chi connectivity index (χ0) is 21.8. The lowest BCUT2D eigenvalue weighted by atomic mass is 9.92. The van der Waals surface area contributed by atoms with E-state index >= 15 is 0 Å². The van der Waals surface area contributed by atoms with Gasteiger partial charge in [0.1, 0.15) is 6.79 Å². The van der Waals surface area contributed by atoms with Crippen molar-refractivity contribution in [2.45, 2.75) is 32.7 Å². The van der Waals surface area contributed by atoms with Gasteiger partial charge in [0.2, 0.25) is 5.91 Å². The smallest absolute Gasteiger partial charge is 0.251 e. The predicted octanol–water partition coefficient (Wildman–Crippen LogP) is 2.50. The van der Waals surface area contributed by atoms with Crippen LogP contribution in [0.5, 0.6) is 0 Å². The van der Waals surface area contributed by atoms with Gasteiger partial charge in [0.15, 0.2) is 0 Å². The van der Waals surface area contributed by atoms with E-state index in [1.165, 1.54) is 0 Å². The predicted molar refractivity (Wildman–Crippen MR) is 113 cm³/mol. The third kappa shape index (κ3) is 7.90. The van der Waals surface area contributed by atoms with Gasteiger partial charge in [-0.3, -0.25) is 19.8 Å². The van der Waals surface area contributed by atoms with E-state index in [0.29, 0.717) is 18.6 Å². The van der Waals surface area contributed by atoms with Crippen molar-refractivity contribution in [1.29, 1.82) is 0 Å². The summed E-state index contributed by atoms with van der Waals surface area (Å²) in [6, 6.07) is 10.4. The molecular weight excluding hydrogens is 386 g/mol. The fraction of sp³-hybridized carbons (Fsp3) is 0.409. The average molecular weight is 418 g/mol. The number of aryl methyl sites for hydroxylation is 1. The van der Waals surface area contributed by atoms with Crippen LogP contribution in [0.25, 0.3) is 0 Å². The van der Waals surface area contributed by atoms with E-state index in [2.05, 4.69) is 10.3 Å². The average Bonchev–Trinajstić information content (AvgIpc) is 2.76. The molecule has 8 heteroatoms. The summed E-state index contributed by atoms with van der Waals surface area (Å²) in [5, 5.41) is 12.1. The van der Waals surface area contributed by atoms with Crippen LogP contribution in [0.4, 0.5) is 0 Å². The molecule has 0 radical (unpaired) electrons. The molecule has 0 saturated carbocycles. The number of hydroxylamine groups is 1. The summed E-state index contributed by atoms with van der Waals surface area (Å²) in [5.41, 5.74) is 4.07. The second-order valence-electron chi connectivity index (χ2n) is 7.00. The van der Waals surface area contributed by atoms with Gasteiger partial charge in [-0.1, -0.05) is 23.8 Å². The molecule has 30 heavy (non-hydrogen) atoms. The second kappa shape index (κ2) is 12.7. The van der Waals surface area contributed by atoms with Crippen molar-refractivity contribution < 1.29 is 25.7 Å². The minimum atomic E-state index is -0.585. The van der Waals surface area contributed by atoms with E-state index in [4.69, 9.17) is 9.47 Å². The van der Waals surface area contributed by atoms with Crippen LogP contribution in [0.1, 0.15) is 36.3 Å². The zero-order valence-electron chi connectivity index (χ0n) is 17.3. The third-order valence-corrected chi connectivity index (χ3v) is 4.56. The first-order chi connectivity index (χ1) is 14.5. The summed E-state index contributed by atoms with van der Waals surface area (Å²) in [4.78, 5) is 29.0. The summed E-state index contributed by atoms with van der Waals surface area (Å²) >= 11 is 0. The Kier molecular flexibility index (Phi) is 9.93. The van der Waals surface area contributed by atoms with E-state index in [1.807, 2.05) is 32.0 Å². The molecule has 164 valence electrons. The van der Waals surface area contributed by atoms with E-state index in [-0.39, 0.29) is 27.2 Å². The molecule has 0 spiro atoms. The number of hydrogen-bond acceptors (Lipinski definition) is 6. The van der Waals surface area contributed by atoms with Crippen molar-refractivity contribution in [2.24, 2.45) is 5.92 Å². The molecule has 1 heterocycles. The fourth-order valence-corrected chi connectivity index (χ4v) is 3.08. The molecule has 0 unspecified atom stereocenters. The highest BCUT2D eigenvalue weighted by atomic mass is 16.7. The van der Waals surface area contributed by atoms with Crippen LogP contribution in [-0.2, 0) is 20.7 Å². The first kappa shape index (κ1) is 23.5. The van der Waals surface area contributed by atoms with Gasteiger partial charge in [-0.2, -0.15) is 0 Å². The molecule has 0 aliphatic rings. The first-order valence-corrected chi connectivity index (χ1v) is 9.89. The van der Waals surface area contributed by atoms with E-state index in [0.717, 1.165) is 11.1 Å². The number of ether oxygens (including phenoxy) is 2. The van der Waals surface area contributed by atoms with Crippen molar-refractivity contribution in [1.82, 2.24) is 15.8 Å². The molecule has 2 rings (SSSR count). The molecule has 0 aliphatic heterocycles. The van der Waals surface area contributed by atoms with Crippen molar-refractivity contribution in [2.75, 3.05) is 20.0 Å². The van der Waals surface area contributed by atoms with Crippen LogP contribution in [0.3, 0.4) is 0 Å². The molecule has 2 amide bonds. The van der Waals surface area contributed by atoms with Crippen LogP contribution in [-0.4, -0.2) is 48.1 Å². The number of benzene rings is 1. The Labute approximate surface area is 178 Å². The molecule has 1 aromatic carbocycles. The summed E-state index contributed by atoms with van der Waals surface area (Å²) in [5.74, 6) is -1.37. The molecule has 8 nitrogen and oxygen atoms in total. The van der Waals surface area contributed by atoms with E-state index in [9.17, 15) is 14.8 Å². The van der Waals surface area contributed by atoms with Crippen molar-refractivity contribution in [3.05, 3.63) is 65.5 Å². The quantitative estimate of drug-likeness (QED) is 0.212. The number of aromatic nitrogens is 1. The Morgan fingerprint density at radius 2 is 2.07 bits per heavy atom. The molecular formula is C22H31N3O5. The Hall–Kier alpha value is -2.81. The summed E-state index contributed by atoms with van der Waals surface area (Å²) in [6.45, 7) is 4.54. The standard InChI is InChI=1S/C22H29N3O5.H2/c1-3-29-15-30-14-20(24-21(26)18-8-4-6-16(2)10-18)12-19(22(27)25-28)11-17-7-5-9-23-13-17;/h4-10,13,19-20,28H,3,11-12,14-15H2,1-2H3,(H,24,26)(H,25,27);1H/t19-,20-;/m0./s1. The van der Waals surface area contributed by atoms with Crippen LogP contribution in [0.15, 0.2) is 48.8 Å². The maximum Gasteiger partial charge on any atom is 0.251 e. The van der Waals surface area contributed by atoms with Crippen LogP contribution in [0.2, 0.25) is 0 Å². The highest BCUT2D eigenvalue weighted by Crippen LogP contribution is 2.16. The van der Waals surface area contributed by atoms with E-state index in [1.54, 1.807) is 36.1 Å². The fourth-order valence-electron chi connectivity index (χ4n) is 3.08. The van der Waals surface area contributed by atoms with Gasteiger partial charge in [-0.05, 0) is 50.5 Å². The number of carbonyl (C=O) groups is 2. The van der Waals surface area contributed by atoms with Crippen molar-refractivity contribution >= 4 is 11.8 Å². The van der Waals surface area contributed by atoms with Gasteiger partial charge in [0.25, 0.3) is 5.91 Å². The number of amides is 2. The molecule has 0 aliphatic carbocycles. The molecule has 0 fully saturated rings. The Morgan fingerprint density at radius 3 is 2.73 bits per heavy atom. The number of nitrogens with zero attached hydrogens (tertiary/aromatic N) is 1. The van der Waals surface area contributed by atoms with E-state index < -0.39 is 17.9 Å². The Balaban J connectivity index is 0.00000480. The van der Waals surface area contributed by atoms with Gasteiger partial charge in [-0.25, -0.2) is 5.48 Å². The maximum atomic E-state index is 12.7. The van der Waals surface area contributed by atoms with Crippen LogP contribution >= 0.6 is 0 Å². The van der Waals surface area contributed by atoms with Crippen LogP contribution in [0, 0.1) is 12.8 Å². The summed E-state index contributed by atoms with van der Waals surface area (Å²) in [7, 11) is 0. The number of carbonyl (C=O) groups excluding carboxylic acids is 2. The van der Waals surface area contributed by atoms with Gasteiger partial charge in [-0.15, -0.1) is 0 Å². The third-order valence-electron chi connectivity index (χ3n) is 4.56. The largest absolute Gasteiger partial charge is 0.356 e. The van der Waals surface area contributed by atoms with Gasteiger partial charge in [0.05, 0.1) is 12.6 Å². The van der Waals surface area contributed by atoms with Crippen molar-refractivity contribution in [3.8, 4) is 0 Å². The molecule has 0 saturated heterocycles. The van der Waals surface area contributed by atoms with Gasteiger partial charge in [0, 0.05) is 31.9 Å². The Bertz CT molecular complexity index is 807. The van der Waals surface area contributed by atoms with Gasteiger partial charge >= 0.3 is 0 Å². The highest BCUT2D eigenvalue weighted by Gasteiger charge is 2.25. The zero-order valence-corrected chi connectivity index (χ0v) is 17.3. The molecule has 0 bridgehead atoms. The Morgan fingerprint density at radius 1 is 1.23 bits per heavy atom. The SMILES string of the molecule is CCOCOC[C@H](C[C@H](Cc1cccnc1)C(=O)NO)NC(=O)c1cccc(C)c1.[HH]. The van der Waals surface area contributed by atoms with Crippen molar-refractivity contribution in [3.63, 3.8) is 0 Å². The number of rotatable bonds is 12. The van der Waals surface area contributed by atoms with Crippen LogP contribution < -0.4 is 10.8 Å². The number of pyridine rings is 1. The normalized spacial score (nSPS) is 12.8. The number of nitrogens with one attached hydrogen (secondary N) is 2. The lowest BCUT2D eigenvalue weighted by Crippen LogP contribution is -2.42. The highest BCUT2D eigenvalue weighted by molar-refractivity contribution is 5.94. The lowest BCUT2D eigenvalue weighted by Gasteiger charge is -2.23. The minimum Gasteiger partial charge on any atom is -0.356 e. The second-order valence-corrected chi connectivity index (χ2v) is 7.00. The molecule has 1 aromatic heterocycles. The lowest BCUT2D eigenvalue weighted by molar-refractivity contribution is -0.134. The molecule has 2 aromatic rings. The minimum absolute atomic E-state index is 0. The maximum absolute atomic E-state index is 12.7.